The number of benzene rings is 1. The molecule has 2 N–H and O–H groups in total. The maximum atomic E-state index is 11.8. The first-order valence-electron chi connectivity index (χ1n) is 6.86. The average molecular weight is 299 g/mol. The average Bonchev–Trinajstić information content (AvgIpc) is 2.32. The lowest BCUT2D eigenvalue weighted by atomic mass is 10.0. The fraction of sp³-hybridized carbons (Fsp3) is 0.533. The summed E-state index contributed by atoms with van der Waals surface area (Å²) in [6.07, 6.45) is 0. The molecule has 0 radical (unpaired) electrons. The predicted octanol–water partition coefficient (Wildman–Crippen LogP) is 1.98. The summed E-state index contributed by atoms with van der Waals surface area (Å²) in [5.74, 6) is 1.60. The van der Waals surface area contributed by atoms with Gasteiger partial charge in [-0.15, -0.1) is 12.4 Å². The number of carbonyl (C=O) groups is 1. The summed E-state index contributed by atoms with van der Waals surface area (Å²) in [7, 11) is 0. The summed E-state index contributed by atoms with van der Waals surface area (Å²) in [6.45, 7) is 7.04. The molecule has 0 unspecified atom stereocenters. The monoisotopic (exact) mass is 298 g/mol. The Hall–Kier alpha value is -1.26. The van der Waals surface area contributed by atoms with Crippen LogP contribution in [0.1, 0.15) is 19.4 Å². The van der Waals surface area contributed by atoms with Crippen LogP contribution in [0.15, 0.2) is 24.3 Å². The summed E-state index contributed by atoms with van der Waals surface area (Å²) >= 11 is 0. The van der Waals surface area contributed by atoms with Gasteiger partial charge >= 0.3 is 0 Å². The molecule has 112 valence electrons. The van der Waals surface area contributed by atoms with Gasteiger partial charge in [0, 0.05) is 25.2 Å². The number of hydrogen-bond acceptors (Lipinski definition) is 3. The van der Waals surface area contributed by atoms with E-state index in [4.69, 9.17) is 4.74 Å². The molecule has 0 atom stereocenters. The molecule has 0 spiro atoms. The molecule has 1 fully saturated rings. The normalized spacial score (nSPS) is 14.3. The first kappa shape index (κ1) is 16.8. The predicted molar refractivity (Wildman–Crippen MR) is 82.2 cm³/mol. The lowest BCUT2D eigenvalue weighted by molar-refractivity contribution is -0.126. The van der Waals surface area contributed by atoms with E-state index in [9.17, 15) is 4.79 Å². The van der Waals surface area contributed by atoms with Crippen LogP contribution in [0.4, 0.5) is 0 Å². The second-order valence-corrected chi connectivity index (χ2v) is 5.39. The molecule has 2 rings (SSSR count). The van der Waals surface area contributed by atoms with E-state index in [1.807, 2.05) is 24.3 Å². The Morgan fingerprint density at radius 2 is 2.10 bits per heavy atom. The van der Waals surface area contributed by atoms with E-state index in [2.05, 4.69) is 24.5 Å². The van der Waals surface area contributed by atoms with Crippen LogP contribution < -0.4 is 15.4 Å². The molecule has 0 aromatic heterocycles. The first-order valence-corrected chi connectivity index (χ1v) is 6.86. The summed E-state index contributed by atoms with van der Waals surface area (Å²) in [5.41, 5.74) is 1.03. The maximum Gasteiger partial charge on any atom is 0.225 e. The standard InChI is InChI=1S/C15H22N2O2.ClH/c1-11(2)10-19-14-6-4-3-5-12(14)9-17-15(18)13-7-16-8-13;/h3-6,11,13,16H,7-10H2,1-2H3,(H,17,18);1H. The van der Waals surface area contributed by atoms with Crippen molar-refractivity contribution in [3.63, 3.8) is 0 Å². The molecule has 1 aromatic carbocycles. The molecule has 1 aromatic rings. The molecule has 0 aliphatic carbocycles. The van der Waals surface area contributed by atoms with Crippen LogP contribution in [0.3, 0.4) is 0 Å². The molecule has 1 amide bonds. The van der Waals surface area contributed by atoms with Crippen molar-refractivity contribution in [3.8, 4) is 5.75 Å². The summed E-state index contributed by atoms with van der Waals surface area (Å²) < 4.78 is 5.77. The fourth-order valence-electron chi connectivity index (χ4n) is 1.85. The van der Waals surface area contributed by atoms with E-state index in [1.54, 1.807) is 0 Å². The van der Waals surface area contributed by atoms with Crippen molar-refractivity contribution < 1.29 is 9.53 Å². The summed E-state index contributed by atoms with van der Waals surface area (Å²) in [4.78, 5) is 11.8. The maximum absolute atomic E-state index is 11.8. The third-order valence-corrected chi connectivity index (χ3v) is 3.15. The van der Waals surface area contributed by atoms with Crippen LogP contribution in [0, 0.1) is 11.8 Å². The molecule has 1 saturated heterocycles. The molecule has 0 bridgehead atoms. The van der Waals surface area contributed by atoms with E-state index in [0.717, 1.165) is 24.4 Å². The smallest absolute Gasteiger partial charge is 0.225 e. The second kappa shape index (κ2) is 8.12. The number of nitrogens with one attached hydrogen (secondary N) is 2. The van der Waals surface area contributed by atoms with Gasteiger partial charge in [-0.1, -0.05) is 32.0 Å². The number of rotatable bonds is 6. The molecule has 20 heavy (non-hydrogen) atoms. The molecule has 1 aliphatic rings. The highest BCUT2D eigenvalue weighted by atomic mass is 35.5. The van der Waals surface area contributed by atoms with Gasteiger partial charge in [-0.25, -0.2) is 0 Å². The van der Waals surface area contributed by atoms with Gasteiger partial charge in [0.2, 0.25) is 5.91 Å². The Bertz CT molecular complexity index is 434. The van der Waals surface area contributed by atoms with Gasteiger partial charge in [-0.05, 0) is 12.0 Å². The molecule has 1 aliphatic heterocycles. The van der Waals surface area contributed by atoms with Gasteiger partial charge < -0.3 is 15.4 Å². The summed E-state index contributed by atoms with van der Waals surface area (Å²) in [5, 5.41) is 6.07. The molecular weight excluding hydrogens is 276 g/mol. The number of halogens is 1. The van der Waals surface area contributed by atoms with Crippen molar-refractivity contribution in [3.05, 3.63) is 29.8 Å². The van der Waals surface area contributed by atoms with Crippen molar-refractivity contribution in [2.45, 2.75) is 20.4 Å². The molecule has 1 heterocycles. The number of carbonyl (C=O) groups excluding carboxylic acids is 1. The zero-order valence-electron chi connectivity index (χ0n) is 12.0. The van der Waals surface area contributed by atoms with Gasteiger partial charge in [0.15, 0.2) is 0 Å². The van der Waals surface area contributed by atoms with Gasteiger partial charge in [0.05, 0.1) is 12.5 Å². The van der Waals surface area contributed by atoms with Crippen molar-refractivity contribution in [2.24, 2.45) is 11.8 Å². The minimum Gasteiger partial charge on any atom is -0.493 e. The van der Waals surface area contributed by atoms with Crippen molar-refractivity contribution in [1.29, 1.82) is 0 Å². The lowest BCUT2D eigenvalue weighted by Crippen LogP contribution is -2.50. The Kier molecular flexibility index (Phi) is 6.82. The minimum atomic E-state index is 0. The highest BCUT2D eigenvalue weighted by Gasteiger charge is 2.24. The molecule has 0 saturated carbocycles. The Balaban J connectivity index is 0.00000200. The number of ether oxygens (including phenoxy) is 1. The molecule has 4 nitrogen and oxygen atoms in total. The minimum absolute atomic E-state index is 0. The Labute approximate surface area is 126 Å². The first-order chi connectivity index (χ1) is 9.16. The molecule has 5 heteroatoms. The number of para-hydroxylation sites is 1. The van der Waals surface area contributed by atoms with E-state index in [-0.39, 0.29) is 24.2 Å². The third kappa shape index (κ3) is 4.69. The van der Waals surface area contributed by atoms with Crippen LogP contribution in [-0.2, 0) is 11.3 Å². The highest BCUT2D eigenvalue weighted by molar-refractivity contribution is 5.85. The van der Waals surface area contributed by atoms with Gasteiger partial charge in [0.25, 0.3) is 0 Å². The van der Waals surface area contributed by atoms with Crippen LogP contribution >= 0.6 is 12.4 Å². The second-order valence-electron chi connectivity index (χ2n) is 5.39. The highest BCUT2D eigenvalue weighted by Crippen LogP contribution is 2.18. The zero-order chi connectivity index (χ0) is 13.7. The van der Waals surface area contributed by atoms with E-state index in [1.165, 1.54) is 0 Å². The summed E-state index contributed by atoms with van der Waals surface area (Å²) in [6, 6.07) is 7.87. The Morgan fingerprint density at radius 1 is 1.40 bits per heavy atom. The SMILES string of the molecule is CC(C)COc1ccccc1CNC(=O)C1CNC1.Cl. The Morgan fingerprint density at radius 3 is 2.70 bits per heavy atom. The van der Waals surface area contributed by atoms with E-state index < -0.39 is 0 Å². The van der Waals surface area contributed by atoms with Gasteiger partial charge in [-0.3, -0.25) is 4.79 Å². The van der Waals surface area contributed by atoms with Crippen molar-refractivity contribution in [1.82, 2.24) is 10.6 Å². The molecular formula is C15H23ClN2O2. The topological polar surface area (TPSA) is 50.4 Å². The third-order valence-electron chi connectivity index (χ3n) is 3.15. The van der Waals surface area contributed by atoms with E-state index in [0.29, 0.717) is 19.1 Å². The number of amides is 1. The lowest BCUT2D eigenvalue weighted by Gasteiger charge is -2.26. The van der Waals surface area contributed by atoms with Crippen LogP contribution in [-0.4, -0.2) is 25.6 Å². The largest absolute Gasteiger partial charge is 0.493 e. The van der Waals surface area contributed by atoms with E-state index >= 15 is 0 Å². The van der Waals surface area contributed by atoms with Crippen molar-refractivity contribution >= 4 is 18.3 Å². The fourth-order valence-corrected chi connectivity index (χ4v) is 1.85. The van der Waals surface area contributed by atoms with Crippen LogP contribution in [0.5, 0.6) is 5.75 Å². The van der Waals surface area contributed by atoms with Crippen LogP contribution in [0.25, 0.3) is 0 Å². The van der Waals surface area contributed by atoms with Gasteiger partial charge in [-0.2, -0.15) is 0 Å². The quantitative estimate of drug-likeness (QED) is 0.844. The number of hydrogen-bond donors (Lipinski definition) is 2. The zero-order valence-corrected chi connectivity index (χ0v) is 12.8. The van der Waals surface area contributed by atoms with Crippen LogP contribution in [0.2, 0.25) is 0 Å². The van der Waals surface area contributed by atoms with Gasteiger partial charge in [0.1, 0.15) is 5.75 Å². The van der Waals surface area contributed by atoms with Crippen molar-refractivity contribution in [2.75, 3.05) is 19.7 Å².